The fourth-order valence-corrected chi connectivity index (χ4v) is 1.76. The number of likely N-dealkylation sites (N-methyl/N-ethyl adjacent to an activating group) is 1. The van der Waals surface area contributed by atoms with E-state index >= 15 is 0 Å². The van der Waals surface area contributed by atoms with Crippen LogP contribution < -0.4 is 9.47 Å². The maximum Gasteiger partial charge on any atom is 0.171 e. The molecule has 0 amide bonds. The second-order valence-corrected chi connectivity index (χ2v) is 3.87. The number of methoxy groups -OCH3 is 1. The molecular formula is C14H21NO3. The molecule has 0 heterocycles. The van der Waals surface area contributed by atoms with E-state index in [9.17, 15) is 4.79 Å². The molecule has 100 valence electrons. The molecule has 0 fully saturated rings. The van der Waals surface area contributed by atoms with Gasteiger partial charge < -0.3 is 14.4 Å². The quantitative estimate of drug-likeness (QED) is 0.664. The van der Waals surface area contributed by atoms with Crippen molar-refractivity contribution in [3.8, 4) is 11.5 Å². The van der Waals surface area contributed by atoms with Crippen molar-refractivity contribution in [1.29, 1.82) is 0 Å². The summed E-state index contributed by atoms with van der Waals surface area (Å²) in [6.45, 7) is 7.60. The number of hydrogen-bond donors (Lipinski definition) is 0. The van der Waals surface area contributed by atoms with Crippen LogP contribution in [0.5, 0.6) is 11.5 Å². The Balaban J connectivity index is 2.68. The number of ether oxygens (including phenoxy) is 2. The summed E-state index contributed by atoms with van der Waals surface area (Å²) in [5.74, 6) is 1.13. The van der Waals surface area contributed by atoms with Gasteiger partial charge in [0.1, 0.15) is 6.61 Å². The highest BCUT2D eigenvalue weighted by Gasteiger charge is 2.10. The lowest BCUT2D eigenvalue weighted by Gasteiger charge is -2.19. The van der Waals surface area contributed by atoms with Gasteiger partial charge in [-0.05, 0) is 25.2 Å². The molecule has 0 aliphatic rings. The predicted octanol–water partition coefficient (Wildman–Crippen LogP) is 2.23. The van der Waals surface area contributed by atoms with E-state index in [4.69, 9.17) is 9.47 Å². The molecule has 0 spiro atoms. The Morgan fingerprint density at radius 2 is 2.00 bits per heavy atom. The SMILES string of the molecule is CCN(CC)CCOc1c(C=O)cccc1OC. The Morgan fingerprint density at radius 3 is 2.56 bits per heavy atom. The van der Waals surface area contributed by atoms with Gasteiger partial charge in [-0.15, -0.1) is 0 Å². The first-order valence-corrected chi connectivity index (χ1v) is 6.24. The Hall–Kier alpha value is -1.55. The molecule has 1 aromatic carbocycles. The predicted molar refractivity (Wildman–Crippen MR) is 71.7 cm³/mol. The van der Waals surface area contributed by atoms with Crippen molar-refractivity contribution in [2.45, 2.75) is 13.8 Å². The van der Waals surface area contributed by atoms with Crippen LogP contribution in [0, 0.1) is 0 Å². The topological polar surface area (TPSA) is 38.8 Å². The van der Waals surface area contributed by atoms with E-state index in [0.29, 0.717) is 23.7 Å². The van der Waals surface area contributed by atoms with Gasteiger partial charge in [0, 0.05) is 6.54 Å². The number of aldehydes is 1. The number of benzene rings is 1. The third-order valence-electron chi connectivity index (χ3n) is 2.90. The van der Waals surface area contributed by atoms with Gasteiger partial charge in [0.15, 0.2) is 17.8 Å². The van der Waals surface area contributed by atoms with Gasteiger partial charge in [0.05, 0.1) is 12.7 Å². The Kier molecular flexibility index (Phi) is 6.22. The van der Waals surface area contributed by atoms with Gasteiger partial charge in [-0.2, -0.15) is 0 Å². The van der Waals surface area contributed by atoms with Gasteiger partial charge in [0.25, 0.3) is 0 Å². The molecule has 0 aliphatic carbocycles. The molecule has 0 unspecified atom stereocenters. The molecule has 4 nitrogen and oxygen atoms in total. The van der Waals surface area contributed by atoms with Crippen LogP contribution in [0.4, 0.5) is 0 Å². The third kappa shape index (κ3) is 3.74. The summed E-state index contributed by atoms with van der Waals surface area (Å²) < 4.78 is 10.9. The Labute approximate surface area is 108 Å². The minimum atomic E-state index is 0.522. The second-order valence-electron chi connectivity index (χ2n) is 3.87. The average Bonchev–Trinajstić information content (AvgIpc) is 2.43. The zero-order chi connectivity index (χ0) is 13.4. The summed E-state index contributed by atoms with van der Waals surface area (Å²) in [4.78, 5) is 13.2. The van der Waals surface area contributed by atoms with E-state index in [1.165, 1.54) is 0 Å². The standard InChI is InChI=1S/C14H21NO3/c1-4-15(5-2)9-10-18-14-12(11-16)7-6-8-13(14)17-3/h6-8,11H,4-5,9-10H2,1-3H3. The minimum Gasteiger partial charge on any atom is -0.493 e. The molecule has 0 N–H and O–H groups in total. The van der Waals surface area contributed by atoms with E-state index < -0.39 is 0 Å². The lowest BCUT2D eigenvalue weighted by Crippen LogP contribution is -2.28. The van der Waals surface area contributed by atoms with Gasteiger partial charge in [-0.3, -0.25) is 4.79 Å². The first-order chi connectivity index (χ1) is 8.76. The van der Waals surface area contributed by atoms with Crippen LogP contribution in [0.3, 0.4) is 0 Å². The highest BCUT2D eigenvalue weighted by atomic mass is 16.5. The first-order valence-electron chi connectivity index (χ1n) is 6.24. The summed E-state index contributed by atoms with van der Waals surface area (Å²) in [5.41, 5.74) is 0.522. The number of nitrogens with zero attached hydrogens (tertiary/aromatic N) is 1. The largest absolute Gasteiger partial charge is 0.493 e. The number of para-hydroxylation sites is 1. The number of carbonyl (C=O) groups excluding carboxylic acids is 1. The highest BCUT2D eigenvalue weighted by molar-refractivity contribution is 5.81. The van der Waals surface area contributed by atoms with Gasteiger partial charge >= 0.3 is 0 Å². The van der Waals surface area contributed by atoms with Gasteiger partial charge in [-0.1, -0.05) is 19.9 Å². The van der Waals surface area contributed by atoms with Crippen LogP contribution in [0.15, 0.2) is 18.2 Å². The van der Waals surface area contributed by atoms with Crippen molar-refractivity contribution in [3.63, 3.8) is 0 Å². The summed E-state index contributed by atoms with van der Waals surface area (Å²) in [6, 6.07) is 5.29. The van der Waals surface area contributed by atoms with Crippen molar-refractivity contribution in [2.75, 3.05) is 33.4 Å². The zero-order valence-electron chi connectivity index (χ0n) is 11.3. The van der Waals surface area contributed by atoms with Crippen LogP contribution >= 0.6 is 0 Å². The van der Waals surface area contributed by atoms with Crippen molar-refractivity contribution in [1.82, 2.24) is 4.90 Å². The van der Waals surface area contributed by atoms with E-state index in [1.54, 1.807) is 25.3 Å². The fourth-order valence-electron chi connectivity index (χ4n) is 1.76. The monoisotopic (exact) mass is 251 g/mol. The molecule has 18 heavy (non-hydrogen) atoms. The lowest BCUT2D eigenvalue weighted by atomic mass is 10.2. The molecule has 0 atom stereocenters. The van der Waals surface area contributed by atoms with Crippen molar-refractivity contribution >= 4 is 6.29 Å². The third-order valence-corrected chi connectivity index (χ3v) is 2.90. The Morgan fingerprint density at radius 1 is 1.28 bits per heavy atom. The maximum absolute atomic E-state index is 11.0. The van der Waals surface area contributed by atoms with Crippen molar-refractivity contribution in [3.05, 3.63) is 23.8 Å². The average molecular weight is 251 g/mol. The normalized spacial score (nSPS) is 10.4. The van der Waals surface area contributed by atoms with Crippen LogP contribution in [0.1, 0.15) is 24.2 Å². The maximum atomic E-state index is 11.0. The fraction of sp³-hybridized carbons (Fsp3) is 0.500. The van der Waals surface area contributed by atoms with Crippen LogP contribution in [0.2, 0.25) is 0 Å². The van der Waals surface area contributed by atoms with Crippen LogP contribution in [0.25, 0.3) is 0 Å². The number of carbonyl (C=O) groups is 1. The summed E-state index contributed by atoms with van der Waals surface area (Å²) in [6.07, 6.45) is 0.787. The first kappa shape index (κ1) is 14.5. The zero-order valence-corrected chi connectivity index (χ0v) is 11.3. The molecule has 0 bridgehead atoms. The van der Waals surface area contributed by atoms with Crippen molar-refractivity contribution < 1.29 is 14.3 Å². The van der Waals surface area contributed by atoms with Crippen LogP contribution in [-0.2, 0) is 0 Å². The van der Waals surface area contributed by atoms with E-state index in [1.807, 2.05) is 0 Å². The smallest absolute Gasteiger partial charge is 0.171 e. The van der Waals surface area contributed by atoms with E-state index in [2.05, 4.69) is 18.7 Å². The lowest BCUT2D eigenvalue weighted by molar-refractivity contribution is 0.111. The molecule has 4 heteroatoms. The summed E-state index contributed by atoms with van der Waals surface area (Å²) >= 11 is 0. The Bertz CT molecular complexity index is 375. The molecule has 0 aromatic heterocycles. The second kappa shape index (κ2) is 7.71. The highest BCUT2D eigenvalue weighted by Crippen LogP contribution is 2.29. The number of hydrogen-bond acceptors (Lipinski definition) is 4. The molecule has 0 saturated heterocycles. The van der Waals surface area contributed by atoms with E-state index in [0.717, 1.165) is 25.9 Å². The molecule has 1 aromatic rings. The molecule has 0 radical (unpaired) electrons. The van der Waals surface area contributed by atoms with Gasteiger partial charge in [-0.25, -0.2) is 0 Å². The molecule has 1 rings (SSSR count). The van der Waals surface area contributed by atoms with E-state index in [-0.39, 0.29) is 0 Å². The number of rotatable bonds is 8. The van der Waals surface area contributed by atoms with Gasteiger partial charge in [0.2, 0.25) is 0 Å². The summed E-state index contributed by atoms with van der Waals surface area (Å²) in [7, 11) is 1.57. The molecular weight excluding hydrogens is 230 g/mol. The van der Waals surface area contributed by atoms with Crippen molar-refractivity contribution in [2.24, 2.45) is 0 Å². The van der Waals surface area contributed by atoms with Crippen LogP contribution in [-0.4, -0.2) is 44.5 Å². The summed E-state index contributed by atoms with van der Waals surface area (Å²) in [5, 5.41) is 0. The minimum absolute atomic E-state index is 0.522. The molecule has 0 aliphatic heterocycles. The molecule has 0 saturated carbocycles.